The van der Waals surface area contributed by atoms with Crippen LogP contribution in [0, 0.1) is 0 Å². The van der Waals surface area contributed by atoms with Gasteiger partial charge in [0.05, 0.1) is 6.54 Å². The summed E-state index contributed by atoms with van der Waals surface area (Å²) in [5.74, 6) is -0.124. The molecule has 0 saturated heterocycles. The Balaban J connectivity index is 2.23. The largest absolute Gasteiger partial charge is 0.347 e. The second kappa shape index (κ2) is 5.05. The molecule has 17 heavy (non-hydrogen) atoms. The van der Waals surface area contributed by atoms with E-state index in [0.29, 0.717) is 5.56 Å². The van der Waals surface area contributed by atoms with Gasteiger partial charge in [-0.05, 0) is 18.2 Å². The first-order valence-corrected chi connectivity index (χ1v) is 5.76. The number of carbonyl (C=O) groups excluding carboxylic acids is 1. The van der Waals surface area contributed by atoms with E-state index in [0.717, 1.165) is 4.47 Å². The summed E-state index contributed by atoms with van der Waals surface area (Å²) in [5, 5.41) is 0. The molecule has 0 amide bonds. The number of hydrogen-bond acceptors (Lipinski definition) is 3. The Labute approximate surface area is 106 Å². The minimum atomic E-state index is -0.421. The quantitative estimate of drug-likeness (QED) is 0.812. The second-order valence-corrected chi connectivity index (χ2v) is 4.38. The number of rotatable bonds is 3. The van der Waals surface area contributed by atoms with Gasteiger partial charge in [0.15, 0.2) is 5.78 Å². The van der Waals surface area contributed by atoms with Gasteiger partial charge in [-0.15, -0.1) is 0 Å². The Morgan fingerprint density at radius 3 is 2.88 bits per heavy atom. The van der Waals surface area contributed by atoms with Gasteiger partial charge in [0.1, 0.15) is 0 Å². The summed E-state index contributed by atoms with van der Waals surface area (Å²) >= 11 is 3.30. The van der Waals surface area contributed by atoms with E-state index in [9.17, 15) is 9.59 Å². The molecule has 5 heteroatoms. The number of ketones is 1. The molecule has 86 valence electrons. The van der Waals surface area contributed by atoms with Crippen LogP contribution in [-0.4, -0.2) is 15.3 Å². The molecule has 1 heterocycles. The fraction of sp³-hybridized carbons (Fsp3) is 0.0833. The Morgan fingerprint density at radius 2 is 2.18 bits per heavy atom. The van der Waals surface area contributed by atoms with Crippen molar-refractivity contribution in [2.24, 2.45) is 0 Å². The van der Waals surface area contributed by atoms with E-state index in [-0.39, 0.29) is 12.3 Å². The molecule has 0 saturated carbocycles. The van der Waals surface area contributed by atoms with E-state index >= 15 is 0 Å². The normalized spacial score (nSPS) is 10.2. The van der Waals surface area contributed by atoms with Crippen molar-refractivity contribution in [2.75, 3.05) is 0 Å². The maximum atomic E-state index is 11.9. The van der Waals surface area contributed by atoms with Crippen LogP contribution in [0.3, 0.4) is 0 Å². The molecule has 0 fully saturated rings. The van der Waals surface area contributed by atoms with Crippen LogP contribution in [0.1, 0.15) is 10.4 Å². The van der Waals surface area contributed by atoms with E-state index in [4.69, 9.17) is 0 Å². The molecule has 0 aliphatic rings. The maximum Gasteiger partial charge on any atom is 0.347 e. The minimum Gasteiger partial charge on any atom is -0.292 e. The van der Waals surface area contributed by atoms with E-state index in [1.54, 1.807) is 30.5 Å². The molecule has 0 unspecified atom stereocenters. The van der Waals surface area contributed by atoms with Gasteiger partial charge in [-0.25, -0.2) is 9.78 Å². The Bertz CT molecular complexity index is 607. The van der Waals surface area contributed by atoms with Crippen LogP contribution in [0.15, 0.2) is 52.0 Å². The molecular weight excluding hydrogens is 284 g/mol. The monoisotopic (exact) mass is 292 g/mol. The topological polar surface area (TPSA) is 52.0 Å². The van der Waals surface area contributed by atoms with Crippen molar-refractivity contribution in [3.8, 4) is 0 Å². The van der Waals surface area contributed by atoms with Gasteiger partial charge >= 0.3 is 5.69 Å². The van der Waals surface area contributed by atoms with Crippen molar-refractivity contribution in [2.45, 2.75) is 6.54 Å². The van der Waals surface area contributed by atoms with Crippen LogP contribution >= 0.6 is 15.9 Å². The van der Waals surface area contributed by atoms with Crippen molar-refractivity contribution >= 4 is 21.7 Å². The van der Waals surface area contributed by atoms with Crippen LogP contribution < -0.4 is 5.69 Å². The fourth-order valence-corrected chi connectivity index (χ4v) is 1.81. The third-order valence-electron chi connectivity index (χ3n) is 2.24. The molecular formula is C12H9BrN2O2. The highest BCUT2D eigenvalue weighted by molar-refractivity contribution is 9.10. The van der Waals surface area contributed by atoms with E-state index in [1.165, 1.54) is 10.8 Å². The Kier molecular flexibility index (Phi) is 3.49. The third kappa shape index (κ3) is 2.88. The first-order chi connectivity index (χ1) is 8.16. The lowest BCUT2D eigenvalue weighted by Crippen LogP contribution is -2.25. The van der Waals surface area contributed by atoms with Crippen molar-refractivity contribution in [1.82, 2.24) is 9.55 Å². The van der Waals surface area contributed by atoms with Gasteiger partial charge in [0.25, 0.3) is 0 Å². The third-order valence-corrected chi connectivity index (χ3v) is 2.74. The number of nitrogens with zero attached hydrogens (tertiary/aromatic N) is 2. The lowest BCUT2D eigenvalue weighted by atomic mass is 10.1. The smallest absolute Gasteiger partial charge is 0.292 e. The van der Waals surface area contributed by atoms with Crippen molar-refractivity contribution in [1.29, 1.82) is 0 Å². The van der Waals surface area contributed by atoms with Crippen molar-refractivity contribution < 1.29 is 4.79 Å². The molecule has 1 aromatic carbocycles. The zero-order valence-corrected chi connectivity index (χ0v) is 10.4. The summed E-state index contributed by atoms with van der Waals surface area (Å²) < 4.78 is 2.12. The number of benzene rings is 1. The predicted molar refractivity (Wildman–Crippen MR) is 67.0 cm³/mol. The molecule has 0 aliphatic carbocycles. The lowest BCUT2D eigenvalue weighted by molar-refractivity contribution is 0.0970. The summed E-state index contributed by atoms with van der Waals surface area (Å²) in [4.78, 5) is 26.8. The fourth-order valence-electron chi connectivity index (χ4n) is 1.42. The van der Waals surface area contributed by atoms with Gasteiger partial charge in [0, 0.05) is 22.4 Å². The van der Waals surface area contributed by atoms with Crippen molar-refractivity contribution in [3.63, 3.8) is 0 Å². The van der Waals surface area contributed by atoms with Crippen LogP contribution in [-0.2, 0) is 6.54 Å². The summed E-state index contributed by atoms with van der Waals surface area (Å²) in [6.07, 6.45) is 2.95. The van der Waals surface area contributed by atoms with Gasteiger partial charge in [-0.3, -0.25) is 9.36 Å². The zero-order chi connectivity index (χ0) is 12.3. The lowest BCUT2D eigenvalue weighted by Gasteiger charge is -2.03. The standard InChI is InChI=1S/C12H9BrN2O2/c13-10-4-1-3-9(7-10)11(16)8-15-6-2-5-14-12(15)17/h1-7H,8H2. The van der Waals surface area contributed by atoms with Crippen LogP contribution in [0.2, 0.25) is 0 Å². The summed E-state index contributed by atoms with van der Waals surface area (Å²) in [5.41, 5.74) is 0.144. The summed E-state index contributed by atoms with van der Waals surface area (Å²) in [7, 11) is 0. The maximum absolute atomic E-state index is 11.9. The molecule has 1 aromatic heterocycles. The first kappa shape index (κ1) is 11.7. The number of hydrogen-bond donors (Lipinski definition) is 0. The second-order valence-electron chi connectivity index (χ2n) is 3.46. The van der Waals surface area contributed by atoms with Crippen LogP contribution in [0.4, 0.5) is 0 Å². The predicted octanol–water partition coefficient (Wildman–Crippen LogP) is 1.89. The number of halogens is 1. The van der Waals surface area contributed by atoms with E-state index < -0.39 is 5.69 Å². The molecule has 0 radical (unpaired) electrons. The SMILES string of the molecule is O=C(Cn1cccnc1=O)c1cccc(Br)c1. The van der Waals surface area contributed by atoms with E-state index in [2.05, 4.69) is 20.9 Å². The first-order valence-electron chi connectivity index (χ1n) is 4.97. The van der Waals surface area contributed by atoms with Crippen molar-refractivity contribution in [3.05, 3.63) is 63.2 Å². The molecule has 0 atom stereocenters. The average Bonchev–Trinajstić information content (AvgIpc) is 2.32. The Hall–Kier alpha value is -1.75. The van der Waals surface area contributed by atoms with Gasteiger partial charge in [-0.2, -0.15) is 0 Å². The highest BCUT2D eigenvalue weighted by Crippen LogP contribution is 2.12. The molecule has 0 N–H and O–H groups in total. The molecule has 2 rings (SSSR count). The molecule has 0 aliphatic heterocycles. The number of aromatic nitrogens is 2. The van der Waals surface area contributed by atoms with E-state index in [1.807, 2.05) is 6.07 Å². The number of carbonyl (C=O) groups is 1. The molecule has 4 nitrogen and oxygen atoms in total. The minimum absolute atomic E-state index is 0.00310. The molecule has 2 aromatic rings. The van der Waals surface area contributed by atoms with Gasteiger partial charge < -0.3 is 0 Å². The average molecular weight is 293 g/mol. The molecule has 0 spiro atoms. The molecule has 0 bridgehead atoms. The van der Waals surface area contributed by atoms with Crippen LogP contribution in [0.5, 0.6) is 0 Å². The van der Waals surface area contributed by atoms with Gasteiger partial charge in [0.2, 0.25) is 0 Å². The number of Topliss-reactive ketones (excluding diaryl/α,β-unsaturated/α-hetero) is 1. The highest BCUT2D eigenvalue weighted by Gasteiger charge is 2.07. The highest BCUT2D eigenvalue weighted by atomic mass is 79.9. The Morgan fingerprint density at radius 1 is 1.35 bits per heavy atom. The van der Waals surface area contributed by atoms with Crippen LogP contribution in [0.25, 0.3) is 0 Å². The van der Waals surface area contributed by atoms with Gasteiger partial charge in [-0.1, -0.05) is 28.1 Å². The summed E-state index contributed by atoms with van der Waals surface area (Å²) in [6, 6.07) is 8.68. The summed E-state index contributed by atoms with van der Waals surface area (Å²) in [6.45, 7) is 0.00310. The zero-order valence-electron chi connectivity index (χ0n) is 8.84.